The van der Waals surface area contributed by atoms with E-state index in [-0.39, 0.29) is 22.8 Å². The minimum absolute atomic E-state index is 0. The quantitative estimate of drug-likeness (QED) is 0.417. The second-order valence-electron chi connectivity index (χ2n) is 4.67. The Hall–Kier alpha value is -2.69. The molecule has 0 fully saturated rings. The number of aromatic nitrogens is 3. The fourth-order valence-corrected chi connectivity index (χ4v) is 2.10. The molecule has 0 aliphatic carbocycles. The van der Waals surface area contributed by atoms with E-state index in [1.54, 1.807) is 6.29 Å². The second-order valence-corrected chi connectivity index (χ2v) is 4.67. The van der Waals surface area contributed by atoms with Gasteiger partial charge in [0.05, 0.1) is 0 Å². The Balaban J connectivity index is 0.000000254. The van der Waals surface area contributed by atoms with Gasteiger partial charge in [-0.05, 0) is 6.42 Å². The van der Waals surface area contributed by atoms with Crippen LogP contribution in [0, 0.1) is 6.07 Å². The van der Waals surface area contributed by atoms with Gasteiger partial charge in [-0.15, -0.1) is 0 Å². The number of benzene rings is 2. The first-order valence-corrected chi connectivity index (χ1v) is 7.03. The van der Waals surface area contributed by atoms with E-state index in [1.165, 1.54) is 10.8 Å². The first-order chi connectivity index (χ1) is 11.4. The Bertz CT molecular complexity index is 846. The van der Waals surface area contributed by atoms with Crippen LogP contribution in [0.5, 0.6) is 0 Å². The van der Waals surface area contributed by atoms with Crippen LogP contribution < -0.4 is 0 Å². The Labute approximate surface area is 149 Å². The summed E-state index contributed by atoms with van der Waals surface area (Å²) in [5, 5.41) is 4.02. The van der Waals surface area contributed by atoms with Gasteiger partial charge in [0.2, 0.25) is 0 Å². The number of oxazole rings is 1. The molecule has 2 heterocycles. The van der Waals surface area contributed by atoms with E-state index in [1.807, 2.05) is 60.7 Å². The van der Waals surface area contributed by atoms with Crippen LogP contribution in [0.2, 0.25) is 0 Å². The molecule has 0 amide bonds. The van der Waals surface area contributed by atoms with Crippen molar-refractivity contribution >= 4 is 12.1 Å². The van der Waals surface area contributed by atoms with E-state index >= 15 is 0 Å². The molecule has 1 radical (unpaired) electrons. The van der Waals surface area contributed by atoms with E-state index in [4.69, 9.17) is 4.42 Å². The molecule has 4 aromatic rings. The molecule has 0 aliphatic heterocycles. The zero-order valence-corrected chi connectivity index (χ0v) is 13.8. The molecule has 6 heteroatoms. The molecule has 2 aromatic carbocycles. The smallest absolute Gasteiger partial charge is 0.460 e. The van der Waals surface area contributed by atoms with Crippen LogP contribution in [-0.2, 0) is 28.3 Å². The van der Waals surface area contributed by atoms with Gasteiger partial charge >= 0.3 is 22.9 Å². The van der Waals surface area contributed by atoms with E-state index in [9.17, 15) is 4.79 Å². The van der Waals surface area contributed by atoms with Gasteiger partial charge in [0.25, 0.3) is 0 Å². The van der Waals surface area contributed by atoms with Crippen LogP contribution in [0.15, 0.2) is 71.4 Å². The van der Waals surface area contributed by atoms with Crippen molar-refractivity contribution in [2.75, 3.05) is 0 Å². The largest absolute Gasteiger partial charge is 2.00 e. The van der Waals surface area contributed by atoms with E-state index in [2.05, 4.69) is 16.1 Å². The van der Waals surface area contributed by atoms with Crippen molar-refractivity contribution in [3.63, 3.8) is 0 Å². The molecule has 5 nitrogen and oxygen atoms in total. The van der Waals surface area contributed by atoms with Gasteiger partial charge in [0.15, 0.2) is 0 Å². The van der Waals surface area contributed by atoms with Crippen molar-refractivity contribution in [3.8, 4) is 0 Å². The van der Waals surface area contributed by atoms with Gasteiger partial charge in [-0.2, -0.15) is 46.5 Å². The molecule has 0 saturated heterocycles. The molecular weight excluding hydrogens is 345 g/mol. The van der Waals surface area contributed by atoms with Crippen LogP contribution in [-0.4, -0.2) is 20.9 Å². The van der Waals surface area contributed by atoms with Gasteiger partial charge in [-0.25, -0.2) is 0 Å². The van der Waals surface area contributed by atoms with Crippen molar-refractivity contribution in [1.29, 1.82) is 0 Å². The molecule has 0 atom stereocenters. The predicted molar refractivity (Wildman–Crippen MR) is 84.6 cm³/mol. The van der Waals surface area contributed by atoms with Crippen molar-refractivity contribution in [3.05, 3.63) is 90.1 Å². The number of hydrogen-bond acceptors (Lipinski definition) is 4. The standard InChI is InChI=1S/C12H8N3O2.C6H5.Mn/c16-7-11-10(6-9-4-2-1-3-5-9)15-12(17-11)13-8-14-15;1-2-4-6-5-3-1;/h1-5,8H,6H2;1-5H;/q2*-1;+2. The Kier molecular flexibility index (Phi) is 6.49. The molecule has 0 N–H and O–H groups in total. The second kappa shape index (κ2) is 8.82. The van der Waals surface area contributed by atoms with Crippen molar-refractivity contribution in [2.45, 2.75) is 6.42 Å². The number of hydrogen-bond donors (Lipinski definition) is 0. The normalized spacial score (nSPS) is 9.67. The summed E-state index contributed by atoms with van der Waals surface area (Å²) in [6.45, 7) is 0. The molecule has 0 spiro atoms. The number of fused-ring (bicyclic) bond motifs is 1. The minimum Gasteiger partial charge on any atom is -0.460 e. The minimum atomic E-state index is 0. The summed E-state index contributed by atoms with van der Waals surface area (Å²) in [7, 11) is 0. The topological polar surface area (TPSA) is 60.4 Å². The molecule has 0 bridgehead atoms. The van der Waals surface area contributed by atoms with Gasteiger partial charge < -0.3 is 9.21 Å². The SMILES string of the molecule is O=[C-]c1oc2ncnn2c1Cc1ccccc1.[Mn+2].[c-]1ccccc1. The van der Waals surface area contributed by atoms with Crippen molar-refractivity contribution < 1.29 is 26.3 Å². The monoisotopic (exact) mass is 358 g/mol. The van der Waals surface area contributed by atoms with Crippen LogP contribution in [0.25, 0.3) is 5.84 Å². The van der Waals surface area contributed by atoms with Gasteiger partial charge in [0, 0.05) is 12.0 Å². The number of nitrogens with zero attached hydrogens (tertiary/aromatic N) is 3. The van der Waals surface area contributed by atoms with E-state index in [0.29, 0.717) is 18.0 Å². The maximum atomic E-state index is 10.8. The van der Waals surface area contributed by atoms with Crippen LogP contribution >= 0.6 is 0 Å². The van der Waals surface area contributed by atoms with Gasteiger partial charge in [0.1, 0.15) is 6.33 Å². The Morgan fingerprint density at radius 3 is 2.38 bits per heavy atom. The van der Waals surface area contributed by atoms with Gasteiger partial charge in [-0.1, -0.05) is 41.6 Å². The third-order valence-corrected chi connectivity index (χ3v) is 3.14. The molecule has 0 unspecified atom stereocenters. The molecule has 0 saturated carbocycles. The summed E-state index contributed by atoms with van der Waals surface area (Å²) >= 11 is 0. The van der Waals surface area contributed by atoms with Crippen LogP contribution in [0.1, 0.15) is 17.0 Å². The zero-order chi connectivity index (χ0) is 15.9. The molecular formula is C18H13MnN3O2. The summed E-state index contributed by atoms with van der Waals surface area (Å²) in [4.78, 5) is 14.7. The first-order valence-electron chi connectivity index (χ1n) is 7.03. The fraction of sp³-hybridized carbons (Fsp3) is 0.0556. The summed E-state index contributed by atoms with van der Waals surface area (Å²) < 4.78 is 6.75. The summed E-state index contributed by atoms with van der Waals surface area (Å²) in [6.07, 6.45) is 3.72. The third kappa shape index (κ3) is 4.19. The predicted octanol–water partition coefficient (Wildman–Crippen LogP) is 2.86. The number of carbonyl (C=O) groups excluding carboxylic acids is 1. The fourth-order valence-electron chi connectivity index (χ4n) is 2.10. The maximum absolute atomic E-state index is 10.8. The summed E-state index contributed by atoms with van der Waals surface area (Å²) in [5.74, 6) is 0.471. The Morgan fingerprint density at radius 1 is 1.08 bits per heavy atom. The average Bonchev–Trinajstić information content (AvgIpc) is 3.20. The summed E-state index contributed by atoms with van der Waals surface area (Å²) in [5.41, 5.74) is 1.74. The maximum Gasteiger partial charge on any atom is 2.00 e. The third-order valence-electron chi connectivity index (χ3n) is 3.14. The Morgan fingerprint density at radius 2 is 1.79 bits per heavy atom. The van der Waals surface area contributed by atoms with Gasteiger partial charge in [-0.3, -0.25) is 4.52 Å². The zero-order valence-electron chi connectivity index (χ0n) is 12.6. The summed E-state index contributed by atoms with van der Waals surface area (Å²) in [6, 6.07) is 22.3. The number of rotatable bonds is 3. The first kappa shape index (κ1) is 17.7. The average molecular weight is 358 g/mol. The van der Waals surface area contributed by atoms with E-state index < -0.39 is 0 Å². The molecule has 0 aliphatic rings. The molecule has 119 valence electrons. The molecule has 24 heavy (non-hydrogen) atoms. The molecule has 2 aromatic heterocycles. The van der Waals surface area contributed by atoms with E-state index in [0.717, 1.165) is 5.56 Å². The van der Waals surface area contributed by atoms with Crippen molar-refractivity contribution in [1.82, 2.24) is 14.6 Å². The van der Waals surface area contributed by atoms with Crippen LogP contribution in [0.3, 0.4) is 0 Å². The van der Waals surface area contributed by atoms with Crippen molar-refractivity contribution in [2.24, 2.45) is 0 Å². The van der Waals surface area contributed by atoms with Crippen LogP contribution in [0.4, 0.5) is 0 Å². The molecule has 4 rings (SSSR count).